The Hall–Kier alpha value is -2.29. The lowest BCUT2D eigenvalue weighted by molar-refractivity contribution is -0.136. The second-order valence-corrected chi connectivity index (χ2v) is 7.69. The molecule has 2 saturated heterocycles. The monoisotopic (exact) mass is 372 g/mol. The van der Waals surface area contributed by atoms with Crippen molar-refractivity contribution in [1.29, 1.82) is 0 Å². The van der Waals surface area contributed by atoms with Crippen molar-refractivity contribution >= 4 is 17.7 Å². The fourth-order valence-corrected chi connectivity index (χ4v) is 3.87. The molecule has 0 spiro atoms. The van der Waals surface area contributed by atoms with Gasteiger partial charge in [-0.3, -0.25) is 19.7 Å². The maximum absolute atomic E-state index is 12.8. The van der Waals surface area contributed by atoms with E-state index < -0.39 is 6.04 Å². The van der Waals surface area contributed by atoms with Crippen LogP contribution in [0.1, 0.15) is 34.3 Å². The first kappa shape index (κ1) is 18.1. The number of fused-ring (bicyclic) bond motifs is 1. The summed E-state index contributed by atoms with van der Waals surface area (Å²) < 4.78 is 5.27. The highest BCUT2D eigenvalue weighted by molar-refractivity contribution is 6.05. The topological polar surface area (TPSA) is 114 Å². The molecule has 0 bridgehead atoms. The van der Waals surface area contributed by atoms with Crippen LogP contribution < -0.4 is 16.4 Å². The molecular weight excluding hydrogens is 348 g/mol. The number of nitrogens with two attached hydrogens (primary N) is 1. The quantitative estimate of drug-likeness (QED) is 0.581. The number of ether oxygens (including phenoxy) is 1. The molecule has 1 atom stereocenters. The first-order valence-corrected chi connectivity index (χ1v) is 9.26. The number of amides is 3. The van der Waals surface area contributed by atoms with Crippen molar-refractivity contribution in [3.8, 4) is 0 Å². The first-order valence-electron chi connectivity index (χ1n) is 9.26. The van der Waals surface area contributed by atoms with Crippen molar-refractivity contribution in [2.45, 2.75) is 32.0 Å². The molecule has 0 aromatic heterocycles. The molecule has 0 saturated carbocycles. The highest BCUT2D eigenvalue weighted by Crippen LogP contribution is 2.28. The molecule has 8 nitrogen and oxygen atoms in total. The first-order chi connectivity index (χ1) is 13.0. The fourth-order valence-electron chi connectivity index (χ4n) is 3.87. The average molecular weight is 372 g/mol. The number of nitrogens with one attached hydrogen (secondary N) is 2. The van der Waals surface area contributed by atoms with Crippen molar-refractivity contribution in [2.24, 2.45) is 11.1 Å². The molecule has 1 aromatic carbocycles. The molecule has 0 aliphatic carbocycles. The zero-order chi connectivity index (χ0) is 19.0. The summed E-state index contributed by atoms with van der Waals surface area (Å²) >= 11 is 0. The minimum atomic E-state index is -0.577. The van der Waals surface area contributed by atoms with Gasteiger partial charge in [-0.05, 0) is 23.6 Å². The van der Waals surface area contributed by atoms with Crippen LogP contribution in [0.3, 0.4) is 0 Å². The second kappa shape index (κ2) is 7.03. The highest BCUT2D eigenvalue weighted by atomic mass is 16.5. The zero-order valence-corrected chi connectivity index (χ0v) is 15.1. The van der Waals surface area contributed by atoms with Gasteiger partial charge in [-0.25, -0.2) is 0 Å². The van der Waals surface area contributed by atoms with Crippen molar-refractivity contribution in [3.63, 3.8) is 0 Å². The smallest absolute Gasteiger partial charge is 0.255 e. The Morgan fingerprint density at radius 1 is 1.30 bits per heavy atom. The number of piperidine rings is 1. The van der Waals surface area contributed by atoms with Gasteiger partial charge in [-0.1, -0.05) is 12.1 Å². The molecule has 3 amide bonds. The van der Waals surface area contributed by atoms with E-state index in [1.807, 2.05) is 18.2 Å². The molecule has 2 fully saturated rings. The third-order valence-corrected chi connectivity index (χ3v) is 5.67. The lowest BCUT2D eigenvalue weighted by Crippen LogP contribution is -2.54. The van der Waals surface area contributed by atoms with Crippen LogP contribution in [0, 0.1) is 5.41 Å². The minimum absolute atomic E-state index is 0.0229. The minimum Gasteiger partial charge on any atom is -0.380 e. The molecule has 3 aliphatic rings. The maximum atomic E-state index is 12.8. The molecule has 1 unspecified atom stereocenters. The van der Waals surface area contributed by atoms with Crippen LogP contribution in [-0.4, -0.2) is 55.0 Å². The molecule has 4 N–H and O–H groups in total. The molecular formula is C19H24N4O4. The van der Waals surface area contributed by atoms with Gasteiger partial charge < -0.3 is 20.7 Å². The molecule has 0 radical (unpaired) electrons. The van der Waals surface area contributed by atoms with E-state index in [0.29, 0.717) is 44.8 Å². The van der Waals surface area contributed by atoms with Crippen LogP contribution in [0.4, 0.5) is 0 Å². The van der Waals surface area contributed by atoms with Crippen LogP contribution in [0.25, 0.3) is 0 Å². The Bertz CT molecular complexity index is 784. The predicted molar refractivity (Wildman–Crippen MR) is 96.5 cm³/mol. The van der Waals surface area contributed by atoms with Gasteiger partial charge in [0.05, 0.1) is 13.2 Å². The second-order valence-electron chi connectivity index (χ2n) is 7.69. The summed E-state index contributed by atoms with van der Waals surface area (Å²) in [6, 6.07) is 5.26. The number of benzene rings is 1. The summed E-state index contributed by atoms with van der Waals surface area (Å²) in [5, 5.41) is 5.72. The lowest BCUT2D eigenvalue weighted by Gasteiger charge is -2.40. The molecule has 4 rings (SSSR count). The highest BCUT2D eigenvalue weighted by Gasteiger charge is 2.39. The SMILES string of the molecule is NCC1(CNCc2ccc3c(c2)C(=O)N(C2CCC(=O)NC2=O)C3)COC1. The van der Waals surface area contributed by atoms with Crippen LogP contribution in [0.2, 0.25) is 0 Å². The van der Waals surface area contributed by atoms with E-state index in [9.17, 15) is 14.4 Å². The predicted octanol–water partition coefficient (Wildman–Crippen LogP) is -0.487. The lowest BCUT2D eigenvalue weighted by atomic mass is 9.86. The Kier molecular flexibility index (Phi) is 4.71. The normalized spacial score (nSPS) is 23.8. The maximum Gasteiger partial charge on any atom is 0.255 e. The largest absolute Gasteiger partial charge is 0.380 e. The third kappa shape index (κ3) is 3.36. The average Bonchev–Trinajstić information content (AvgIpc) is 2.94. The Morgan fingerprint density at radius 2 is 2.11 bits per heavy atom. The van der Waals surface area contributed by atoms with E-state index in [4.69, 9.17) is 10.5 Å². The Balaban J connectivity index is 1.40. The van der Waals surface area contributed by atoms with Crippen LogP contribution in [0.5, 0.6) is 0 Å². The van der Waals surface area contributed by atoms with Crippen molar-refractivity contribution in [1.82, 2.24) is 15.5 Å². The third-order valence-electron chi connectivity index (χ3n) is 5.67. The summed E-state index contributed by atoms with van der Waals surface area (Å²) in [6.07, 6.45) is 0.639. The standard InChI is InChI=1S/C19H24N4O4/c20-8-19(10-27-11-19)9-21-6-12-1-2-13-7-23(18(26)14(13)5-12)15-3-4-16(24)22-17(15)25/h1-2,5,15,21H,3-4,6-11,20H2,(H,22,24,25). The summed E-state index contributed by atoms with van der Waals surface area (Å²) in [7, 11) is 0. The summed E-state index contributed by atoms with van der Waals surface area (Å²) in [5.41, 5.74) is 8.41. The van der Waals surface area contributed by atoms with E-state index in [-0.39, 0.29) is 29.6 Å². The van der Waals surface area contributed by atoms with Gasteiger partial charge in [0, 0.05) is 43.6 Å². The van der Waals surface area contributed by atoms with Gasteiger partial charge in [0.1, 0.15) is 6.04 Å². The van der Waals surface area contributed by atoms with E-state index >= 15 is 0 Å². The molecule has 3 heterocycles. The van der Waals surface area contributed by atoms with Gasteiger partial charge in [0.25, 0.3) is 5.91 Å². The van der Waals surface area contributed by atoms with E-state index in [2.05, 4.69) is 10.6 Å². The molecule has 144 valence electrons. The number of imide groups is 1. The summed E-state index contributed by atoms with van der Waals surface area (Å²) in [5.74, 6) is -0.808. The summed E-state index contributed by atoms with van der Waals surface area (Å²) in [6.45, 7) is 3.77. The van der Waals surface area contributed by atoms with Gasteiger partial charge in [-0.15, -0.1) is 0 Å². The number of nitrogens with zero attached hydrogens (tertiary/aromatic N) is 1. The molecule has 3 aliphatic heterocycles. The number of carbonyl (C=O) groups is 3. The zero-order valence-electron chi connectivity index (χ0n) is 15.1. The van der Waals surface area contributed by atoms with Gasteiger partial charge in [0.15, 0.2) is 0 Å². The van der Waals surface area contributed by atoms with Crippen molar-refractivity contribution in [2.75, 3.05) is 26.3 Å². The van der Waals surface area contributed by atoms with E-state index in [1.165, 1.54) is 0 Å². The van der Waals surface area contributed by atoms with E-state index in [1.54, 1.807) is 4.90 Å². The Morgan fingerprint density at radius 3 is 2.78 bits per heavy atom. The number of carbonyl (C=O) groups excluding carboxylic acids is 3. The Labute approximate surface area is 157 Å². The number of rotatable bonds is 6. The number of hydrogen-bond acceptors (Lipinski definition) is 6. The molecule has 1 aromatic rings. The van der Waals surface area contributed by atoms with Gasteiger partial charge in [0.2, 0.25) is 11.8 Å². The van der Waals surface area contributed by atoms with Crippen LogP contribution in [-0.2, 0) is 27.4 Å². The number of hydrogen-bond donors (Lipinski definition) is 3. The van der Waals surface area contributed by atoms with Crippen molar-refractivity contribution < 1.29 is 19.1 Å². The van der Waals surface area contributed by atoms with Gasteiger partial charge in [-0.2, -0.15) is 0 Å². The van der Waals surface area contributed by atoms with Crippen molar-refractivity contribution in [3.05, 3.63) is 34.9 Å². The molecule has 8 heteroatoms. The van der Waals surface area contributed by atoms with Crippen LogP contribution >= 0.6 is 0 Å². The molecule has 27 heavy (non-hydrogen) atoms. The van der Waals surface area contributed by atoms with Crippen LogP contribution in [0.15, 0.2) is 18.2 Å². The van der Waals surface area contributed by atoms with E-state index in [0.717, 1.165) is 17.7 Å². The fraction of sp³-hybridized carbons (Fsp3) is 0.526. The summed E-state index contributed by atoms with van der Waals surface area (Å²) in [4.78, 5) is 37.8. The van der Waals surface area contributed by atoms with Gasteiger partial charge >= 0.3 is 0 Å².